The summed E-state index contributed by atoms with van der Waals surface area (Å²) in [6.07, 6.45) is 1.25. The van der Waals surface area contributed by atoms with Gasteiger partial charge in [0, 0.05) is 6.07 Å². The van der Waals surface area contributed by atoms with E-state index in [1.54, 1.807) is 30.3 Å². The minimum Gasteiger partial charge on any atom is -0.475 e. The number of esters is 1. The molecule has 0 atom stereocenters. The maximum atomic E-state index is 12.6. The Morgan fingerprint density at radius 1 is 1.21 bits per heavy atom. The smallest absolute Gasteiger partial charge is 0.343 e. The van der Waals surface area contributed by atoms with Crippen LogP contribution in [0, 0.1) is 10.1 Å². The lowest BCUT2D eigenvalue weighted by atomic mass is 10.1. The van der Waals surface area contributed by atoms with Gasteiger partial charge in [0.05, 0.1) is 17.7 Å². The highest BCUT2D eigenvalue weighted by molar-refractivity contribution is 6.31. The third-order valence-corrected chi connectivity index (χ3v) is 3.97. The number of hydrazine groups is 1. The van der Waals surface area contributed by atoms with E-state index in [-0.39, 0.29) is 16.9 Å². The van der Waals surface area contributed by atoms with Gasteiger partial charge in [-0.2, -0.15) is 0 Å². The Balaban J connectivity index is 1.88. The summed E-state index contributed by atoms with van der Waals surface area (Å²) >= 11 is 0. The molecular weight excluding hydrogens is 382 g/mol. The molecule has 29 heavy (non-hydrogen) atoms. The minimum atomic E-state index is -0.695. The fourth-order valence-electron chi connectivity index (χ4n) is 2.57. The second-order valence-corrected chi connectivity index (χ2v) is 5.82. The molecule has 1 saturated heterocycles. The number of methoxy groups -OCH3 is 1. The van der Waals surface area contributed by atoms with Gasteiger partial charge >= 0.3 is 11.7 Å². The summed E-state index contributed by atoms with van der Waals surface area (Å²) in [5.41, 5.74) is 2.57. The molecule has 0 bridgehead atoms. The second-order valence-electron chi connectivity index (χ2n) is 5.82. The molecule has 0 radical (unpaired) electrons. The van der Waals surface area contributed by atoms with Gasteiger partial charge in [0.25, 0.3) is 11.8 Å². The topological polar surface area (TPSA) is 128 Å². The monoisotopic (exact) mass is 397 g/mol. The number of carbonyl (C=O) groups excluding carboxylic acids is 3. The molecular formula is C19H15N3O7. The van der Waals surface area contributed by atoms with Crippen LogP contribution in [0.25, 0.3) is 6.08 Å². The van der Waals surface area contributed by atoms with E-state index in [9.17, 15) is 24.5 Å². The molecule has 2 aromatic carbocycles. The summed E-state index contributed by atoms with van der Waals surface area (Å²) in [4.78, 5) is 46.6. The van der Waals surface area contributed by atoms with Gasteiger partial charge in [-0.05, 0) is 29.8 Å². The normalized spacial score (nSPS) is 14.7. The van der Waals surface area contributed by atoms with E-state index in [0.717, 1.165) is 18.2 Å². The SMILES string of the molecule is COC(=O)COc1ccc(/C=C2/C(=O)NN(c3ccccc3)C2=O)cc1[N+](=O)[O-]. The number of nitrogens with one attached hydrogen (secondary N) is 1. The van der Waals surface area contributed by atoms with Crippen LogP contribution >= 0.6 is 0 Å². The average molecular weight is 397 g/mol. The molecule has 1 aliphatic rings. The molecule has 0 saturated carbocycles. The van der Waals surface area contributed by atoms with E-state index in [4.69, 9.17) is 4.74 Å². The van der Waals surface area contributed by atoms with E-state index >= 15 is 0 Å². The Hall–Kier alpha value is -4.21. The molecule has 1 heterocycles. The van der Waals surface area contributed by atoms with E-state index in [2.05, 4.69) is 10.2 Å². The Bertz CT molecular complexity index is 1020. The Kier molecular flexibility index (Phi) is 5.54. The number of hydrogen-bond donors (Lipinski definition) is 1. The van der Waals surface area contributed by atoms with Gasteiger partial charge in [-0.25, -0.2) is 9.80 Å². The van der Waals surface area contributed by atoms with Crippen LogP contribution in [-0.2, 0) is 19.1 Å². The summed E-state index contributed by atoms with van der Waals surface area (Å²) in [7, 11) is 1.16. The molecule has 1 fully saturated rings. The predicted molar refractivity (Wildman–Crippen MR) is 101 cm³/mol. The Morgan fingerprint density at radius 3 is 2.59 bits per heavy atom. The lowest BCUT2D eigenvalue weighted by molar-refractivity contribution is -0.385. The highest BCUT2D eigenvalue weighted by Gasteiger charge is 2.34. The molecule has 0 aromatic heterocycles. The number of hydrogen-bond acceptors (Lipinski definition) is 7. The van der Waals surface area contributed by atoms with Gasteiger partial charge in [-0.3, -0.25) is 25.1 Å². The fourth-order valence-corrected chi connectivity index (χ4v) is 2.57. The number of para-hydroxylation sites is 1. The zero-order valence-electron chi connectivity index (χ0n) is 15.2. The lowest BCUT2D eigenvalue weighted by Crippen LogP contribution is -2.35. The van der Waals surface area contributed by atoms with Crippen LogP contribution < -0.4 is 15.2 Å². The first kappa shape index (κ1) is 19.5. The number of nitro groups is 1. The Morgan fingerprint density at radius 2 is 1.93 bits per heavy atom. The van der Waals surface area contributed by atoms with Gasteiger partial charge in [0.15, 0.2) is 12.4 Å². The van der Waals surface area contributed by atoms with Crippen molar-refractivity contribution in [3.8, 4) is 5.75 Å². The third kappa shape index (κ3) is 4.21. The lowest BCUT2D eigenvalue weighted by Gasteiger charge is -2.13. The van der Waals surface area contributed by atoms with Crippen molar-refractivity contribution in [2.45, 2.75) is 0 Å². The molecule has 3 rings (SSSR count). The van der Waals surface area contributed by atoms with E-state index in [1.165, 1.54) is 18.2 Å². The summed E-state index contributed by atoms with van der Waals surface area (Å²) in [5.74, 6) is -2.06. The van der Waals surface area contributed by atoms with Crippen LogP contribution in [0.15, 0.2) is 54.1 Å². The van der Waals surface area contributed by atoms with Gasteiger partial charge < -0.3 is 9.47 Å². The maximum Gasteiger partial charge on any atom is 0.343 e. The number of nitrogens with zero attached hydrogens (tertiary/aromatic N) is 2. The van der Waals surface area contributed by atoms with Crippen molar-refractivity contribution in [2.24, 2.45) is 0 Å². The molecule has 0 spiro atoms. The third-order valence-electron chi connectivity index (χ3n) is 3.97. The van der Waals surface area contributed by atoms with Crippen molar-refractivity contribution in [1.82, 2.24) is 5.43 Å². The highest BCUT2D eigenvalue weighted by atomic mass is 16.6. The molecule has 0 unspecified atom stereocenters. The molecule has 1 aliphatic heterocycles. The summed E-state index contributed by atoms with van der Waals surface area (Å²) in [5, 5.41) is 12.4. The zero-order valence-corrected chi connectivity index (χ0v) is 15.2. The molecule has 2 amide bonds. The summed E-state index contributed by atoms with van der Waals surface area (Å²) in [6, 6.07) is 12.4. The quantitative estimate of drug-likeness (QED) is 0.258. The Labute approximate surface area is 164 Å². The van der Waals surface area contributed by atoms with Crippen molar-refractivity contribution in [3.63, 3.8) is 0 Å². The number of benzene rings is 2. The van der Waals surface area contributed by atoms with Gasteiger partial charge in [0.1, 0.15) is 5.57 Å². The van der Waals surface area contributed by atoms with Crippen molar-refractivity contribution in [1.29, 1.82) is 0 Å². The minimum absolute atomic E-state index is 0.143. The number of amides is 2. The van der Waals surface area contributed by atoms with E-state index < -0.39 is 35.0 Å². The first-order chi connectivity index (χ1) is 13.9. The van der Waals surface area contributed by atoms with Crippen LogP contribution in [0.5, 0.6) is 5.75 Å². The zero-order chi connectivity index (χ0) is 21.0. The van der Waals surface area contributed by atoms with Crippen LogP contribution in [-0.4, -0.2) is 36.4 Å². The largest absolute Gasteiger partial charge is 0.475 e. The summed E-state index contributed by atoms with van der Waals surface area (Å²) < 4.78 is 9.53. The second kappa shape index (κ2) is 8.21. The van der Waals surface area contributed by atoms with Gasteiger partial charge in [-0.1, -0.05) is 24.3 Å². The number of carbonyl (C=O) groups is 3. The highest BCUT2D eigenvalue weighted by Crippen LogP contribution is 2.30. The van der Waals surface area contributed by atoms with Gasteiger partial charge in [-0.15, -0.1) is 0 Å². The first-order valence-electron chi connectivity index (χ1n) is 8.31. The standard InChI is InChI=1S/C19H15N3O7/c1-28-17(23)11-29-16-8-7-12(10-15(16)22(26)27)9-14-18(24)20-21(19(14)25)13-5-3-2-4-6-13/h2-10H,11H2,1H3,(H,20,24)/b14-9-. The molecule has 10 heteroatoms. The molecule has 148 valence electrons. The maximum absolute atomic E-state index is 12.6. The van der Waals surface area contributed by atoms with E-state index in [0.29, 0.717) is 5.69 Å². The van der Waals surface area contributed by atoms with Crippen LogP contribution in [0.2, 0.25) is 0 Å². The number of nitro benzene ring substituents is 1. The number of ether oxygens (including phenoxy) is 2. The van der Waals surface area contributed by atoms with Crippen LogP contribution in [0.4, 0.5) is 11.4 Å². The molecule has 1 N–H and O–H groups in total. The predicted octanol–water partition coefficient (Wildman–Crippen LogP) is 1.61. The van der Waals surface area contributed by atoms with E-state index in [1.807, 2.05) is 0 Å². The summed E-state index contributed by atoms with van der Waals surface area (Å²) in [6.45, 7) is -0.495. The fraction of sp³-hybridized carbons (Fsp3) is 0.105. The van der Waals surface area contributed by atoms with Crippen molar-refractivity contribution in [3.05, 3.63) is 69.8 Å². The van der Waals surface area contributed by atoms with Gasteiger partial charge in [0.2, 0.25) is 0 Å². The number of rotatable bonds is 6. The van der Waals surface area contributed by atoms with Crippen molar-refractivity contribution < 1.29 is 28.8 Å². The average Bonchev–Trinajstić information content (AvgIpc) is 3.01. The van der Waals surface area contributed by atoms with Crippen LogP contribution in [0.1, 0.15) is 5.56 Å². The molecule has 0 aliphatic carbocycles. The molecule has 2 aromatic rings. The number of anilines is 1. The van der Waals surface area contributed by atoms with Crippen LogP contribution in [0.3, 0.4) is 0 Å². The first-order valence-corrected chi connectivity index (χ1v) is 8.31. The van der Waals surface area contributed by atoms with Crippen molar-refractivity contribution in [2.75, 3.05) is 18.7 Å². The van der Waals surface area contributed by atoms with Crippen molar-refractivity contribution >= 4 is 35.2 Å². The molecule has 10 nitrogen and oxygen atoms in total.